The smallest absolute Gasteiger partial charge is 0.222 e. The van der Waals surface area contributed by atoms with E-state index in [1.165, 1.54) is 25.9 Å². The minimum atomic E-state index is 0.355. The number of likely N-dealkylation sites (tertiary alicyclic amines) is 1. The lowest BCUT2D eigenvalue weighted by atomic mass is 10.2. The highest BCUT2D eigenvalue weighted by molar-refractivity contribution is 5.77. The first-order chi connectivity index (χ1) is 8.76. The maximum Gasteiger partial charge on any atom is 0.222 e. The molecule has 1 N–H and O–H groups in total. The Morgan fingerprint density at radius 3 is 2.89 bits per heavy atom. The summed E-state index contributed by atoms with van der Waals surface area (Å²) in [4.78, 5) is 13.5. The second kappa shape index (κ2) is 6.23. The van der Waals surface area contributed by atoms with Gasteiger partial charge in [0.05, 0.1) is 6.20 Å². The van der Waals surface area contributed by atoms with Crippen LogP contribution in [-0.4, -0.2) is 48.1 Å². The van der Waals surface area contributed by atoms with Crippen LogP contribution >= 0.6 is 0 Å². The van der Waals surface area contributed by atoms with Crippen LogP contribution in [0.5, 0.6) is 0 Å². The summed E-state index contributed by atoms with van der Waals surface area (Å²) >= 11 is 0. The first kappa shape index (κ1) is 13.4. The van der Waals surface area contributed by atoms with Crippen molar-refractivity contribution >= 4 is 5.91 Å². The minimum absolute atomic E-state index is 0.355. The molecule has 1 amide bonds. The Balaban J connectivity index is 1.66. The number of quaternary nitrogens is 1. The maximum absolute atomic E-state index is 11.5. The van der Waals surface area contributed by atoms with Crippen LogP contribution in [0.1, 0.15) is 39.0 Å². The minimum Gasteiger partial charge on any atom is -0.343 e. The van der Waals surface area contributed by atoms with Gasteiger partial charge in [0.2, 0.25) is 5.91 Å². The van der Waals surface area contributed by atoms with Crippen LogP contribution in [0.15, 0.2) is 12.3 Å². The van der Waals surface area contributed by atoms with Gasteiger partial charge in [-0.15, -0.1) is 0 Å². The Morgan fingerprint density at radius 1 is 1.39 bits per heavy atom. The third-order valence-corrected chi connectivity index (χ3v) is 4.01. The molecular weight excluding hydrogens is 226 g/mol. The van der Waals surface area contributed by atoms with E-state index in [4.69, 9.17) is 0 Å². The van der Waals surface area contributed by atoms with Crippen molar-refractivity contribution in [1.29, 1.82) is 0 Å². The summed E-state index contributed by atoms with van der Waals surface area (Å²) in [5.74, 6) is 0.355. The van der Waals surface area contributed by atoms with E-state index in [0.717, 1.165) is 43.5 Å². The van der Waals surface area contributed by atoms with E-state index < -0.39 is 0 Å². The van der Waals surface area contributed by atoms with Gasteiger partial charge in [0.1, 0.15) is 19.6 Å². The predicted octanol–water partition coefficient (Wildman–Crippen LogP) is 1.65. The largest absolute Gasteiger partial charge is 0.343 e. The molecular formula is C14H26N3O+. The molecule has 0 radical (unpaired) electrons. The molecule has 0 aromatic carbocycles. The standard InChI is InChI=1S/C14H26N3O/c1-2-11-17(13-6-8-15-17)12-4-3-9-16-10-5-7-14(16)18/h6,8,15H,2-5,7,9-13H2,1H3/q+1. The van der Waals surface area contributed by atoms with E-state index >= 15 is 0 Å². The van der Waals surface area contributed by atoms with Crippen molar-refractivity contribution in [1.82, 2.24) is 10.3 Å². The van der Waals surface area contributed by atoms with Gasteiger partial charge in [0, 0.05) is 25.9 Å². The van der Waals surface area contributed by atoms with E-state index in [1.54, 1.807) is 0 Å². The lowest BCUT2D eigenvalue weighted by Crippen LogP contribution is -2.54. The quantitative estimate of drug-likeness (QED) is 0.552. The number of hydrogen-bond donors (Lipinski definition) is 1. The fourth-order valence-electron chi connectivity index (χ4n) is 3.03. The molecule has 102 valence electrons. The van der Waals surface area contributed by atoms with Gasteiger partial charge >= 0.3 is 0 Å². The Labute approximate surface area is 110 Å². The van der Waals surface area contributed by atoms with Crippen LogP contribution < -0.4 is 5.43 Å². The van der Waals surface area contributed by atoms with Gasteiger partial charge < -0.3 is 4.90 Å². The summed E-state index contributed by atoms with van der Waals surface area (Å²) in [6.45, 7) is 7.64. The van der Waals surface area contributed by atoms with Gasteiger partial charge in [-0.3, -0.25) is 4.79 Å². The number of carbonyl (C=O) groups is 1. The van der Waals surface area contributed by atoms with Crippen molar-refractivity contribution in [2.24, 2.45) is 0 Å². The molecule has 1 atom stereocenters. The first-order valence-corrected chi connectivity index (χ1v) is 7.32. The van der Waals surface area contributed by atoms with Gasteiger partial charge in [-0.25, -0.2) is 10.0 Å². The molecule has 18 heavy (non-hydrogen) atoms. The fraction of sp³-hybridized carbons (Fsp3) is 0.786. The second-order valence-electron chi connectivity index (χ2n) is 5.50. The number of unbranched alkanes of at least 4 members (excludes halogenated alkanes) is 1. The Bertz CT molecular complexity index is 306. The van der Waals surface area contributed by atoms with Crippen LogP contribution in [-0.2, 0) is 4.79 Å². The Kier molecular flexibility index (Phi) is 4.64. The molecule has 2 heterocycles. The Hall–Kier alpha value is -1.03. The summed E-state index contributed by atoms with van der Waals surface area (Å²) in [7, 11) is 0. The number of carbonyl (C=O) groups excluding carboxylic acids is 1. The molecule has 0 spiro atoms. The highest BCUT2D eigenvalue weighted by Gasteiger charge is 2.27. The first-order valence-electron chi connectivity index (χ1n) is 7.32. The highest BCUT2D eigenvalue weighted by Crippen LogP contribution is 2.14. The highest BCUT2D eigenvalue weighted by atomic mass is 16.2. The van der Waals surface area contributed by atoms with Crippen molar-refractivity contribution < 1.29 is 9.39 Å². The van der Waals surface area contributed by atoms with Gasteiger partial charge in [-0.05, 0) is 25.3 Å². The van der Waals surface area contributed by atoms with Gasteiger partial charge in [-0.1, -0.05) is 6.92 Å². The fourth-order valence-corrected chi connectivity index (χ4v) is 3.03. The molecule has 2 aliphatic rings. The van der Waals surface area contributed by atoms with Crippen molar-refractivity contribution in [3.05, 3.63) is 12.3 Å². The van der Waals surface area contributed by atoms with Crippen LogP contribution in [0, 0.1) is 0 Å². The molecule has 2 aliphatic heterocycles. The van der Waals surface area contributed by atoms with Gasteiger partial charge in [0.15, 0.2) is 0 Å². The molecule has 0 aromatic rings. The van der Waals surface area contributed by atoms with Gasteiger partial charge in [0.25, 0.3) is 0 Å². The topological polar surface area (TPSA) is 32.3 Å². The normalized spacial score (nSPS) is 26.9. The third-order valence-electron chi connectivity index (χ3n) is 4.01. The molecule has 4 nitrogen and oxygen atoms in total. The van der Waals surface area contributed by atoms with Crippen molar-refractivity contribution in [3.63, 3.8) is 0 Å². The van der Waals surface area contributed by atoms with Gasteiger partial charge in [-0.2, -0.15) is 0 Å². The maximum atomic E-state index is 11.5. The Morgan fingerprint density at radius 2 is 2.28 bits per heavy atom. The number of hydrogen-bond acceptors (Lipinski definition) is 2. The summed E-state index contributed by atoms with van der Waals surface area (Å²) < 4.78 is 1.00. The summed E-state index contributed by atoms with van der Waals surface area (Å²) in [5, 5.41) is 0. The molecule has 1 fully saturated rings. The molecule has 1 saturated heterocycles. The third kappa shape index (κ3) is 3.25. The van der Waals surface area contributed by atoms with E-state index in [2.05, 4.69) is 24.6 Å². The van der Waals surface area contributed by atoms with Crippen LogP contribution in [0.3, 0.4) is 0 Å². The molecule has 0 bridgehead atoms. The summed E-state index contributed by atoms with van der Waals surface area (Å²) in [6.07, 6.45) is 9.66. The molecule has 0 aromatic heterocycles. The average molecular weight is 252 g/mol. The van der Waals surface area contributed by atoms with Crippen LogP contribution in [0.2, 0.25) is 0 Å². The van der Waals surface area contributed by atoms with Crippen LogP contribution in [0.25, 0.3) is 0 Å². The van der Waals surface area contributed by atoms with Crippen LogP contribution in [0.4, 0.5) is 0 Å². The number of amides is 1. The summed E-state index contributed by atoms with van der Waals surface area (Å²) in [5.41, 5.74) is 3.48. The van der Waals surface area contributed by atoms with E-state index in [0.29, 0.717) is 5.91 Å². The molecule has 1 unspecified atom stereocenters. The van der Waals surface area contributed by atoms with E-state index in [-0.39, 0.29) is 0 Å². The number of nitrogens with zero attached hydrogens (tertiary/aromatic N) is 2. The second-order valence-corrected chi connectivity index (χ2v) is 5.50. The van der Waals surface area contributed by atoms with Crippen molar-refractivity contribution in [2.45, 2.75) is 39.0 Å². The zero-order valence-electron chi connectivity index (χ0n) is 11.5. The van der Waals surface area contributed by atoms with Crippen molar-refractivity contribution in [3.8, 4) is 0 Å². The number of nitrogens with one attached hydrogen (secondary N) is 1. The average Bonchev–Trinajstić information content (AvgIpc) is 2.96. The molecule has 0 aliphatic carbocycles. The molecule has 2 rings (SSSR count). The summed E-state index contributed by atoms with van der Waals surface area (Å²) in [6, 6.07) is 0. The SMILES string of the molecule is CCC[N+]1(CCCCN2CCCC2=O)CC=CN1. The molecule has 4 heteroatoms. The number of rotatable bonds is 7. The van der Waals surface area contributed by atoms with E-state index in [1.807, 2.05) is 4.90 Å². The lowest BCUT2D eigenvalue weighted by molar-refractivity contribution is -0.954. The van der Waals surface area contributed by atoms with E-state index in [9.17, 15) is 4.79 Å². The van der Waals surface area contributed by atoms with Crippen molar-refractivity contribution in [2.75, 3.05) is 32.7 Å². The lowest BCUT2D eigenvalue weighted by Gasteiger charge is -2.33. The monoisotopic (exact) mass is 252 g/mol. The predicted molar refractivity (Wildman–Crippen MR) is 72.5 cm³/mol. The zero-order valence-corrected chi connectivity index (χ0v) is 11.5. The zero-order chi connectivity index (χ0) is 12.8. The molecule has 0 saturated carbocycles.